The highest BCUT2D eigenvalue weighted by Crippen LogP contribution is 2.30. The number of nitrogen functional groups attached to an aromatic ring is 1. The monoisotopic (exact) mass is 291 g/mol. The van der Waals surface area contributed by atoms with Crippen molar-refractivity contribution in [2.45, 2.75) is 4.90 Å². The zero-order valence-corrected chi connectivity index (χ0v) is 10.4. The van der Waals surface area contributed by atoms with Crippen molar-refractivity contribution in [3.63, 3.8) is 0 Å². The Morgan fingerprint density at radius 1 is 1.21 bits per heavy atom. The predicted octanol–water partition coefficient (Wildman–Crippen LogP) is 1.48. The third kappa shape index (κ3) is 2.28. The van der Waals surface area contributed by atoms with Gasteiger partial charge in [0.25, 0.3) is 0 Å². The van der Waals surface area contributed by atoms with E-state index in [4.69, 9.17) is 5.73 Å². The van der Waals surface area contributed by atoms with Crippen LogP contribution in [0.25, 0.3) is 11.3 Å². The molecule has 102 valence electrons. The van der Waals surface area contributed by atoms with E-state index in [0.29, 0.717) is 12.3 Å². The molecule has 0 radical (unpaired) electrons. The maximum absolute atomic E-state index is 13.8. The van der Waals surface area contributed by atoms with Gasteiger partial charge in [0.1, 0.15) is 16.5 Å². The first-order chi connectivity index (χ1) is 8.71. The van der Waals surface area contributed by atoms with E-state index in [1.807, 2.05) is 0 Å². The van der Waals surface area contributed by atoms with Gasteiger partial charge in [0.2, 0.25) is 0 Å². The van der Waals surface area contributed by atoms with Gasteiger partial charge in [0.05, 0.1) is 5.69 Å². The largest absolute Gasteiger partial charge is 0.382 e. The summed E-state index contributed by atoms with van der Waals surface area (Å²) in [5, 5.41) is 5.77. The van der Waals surface area contributed by atoms with Gasteiger partial charge < -0.3 is 5.73 Å². The van der Waals surface area contributed by atoms with E-state index in [1.54, 1.807) is 0 Å². The fourth-order valence-corrected chi connectivity index (χ4v) is 2.42. The second-order valence-corrected chi connectivity index (χ2v) is 5.79. The van der Waals surface area contributed by atoms with Crippen LogP contribution in [-0.4, -0.2) is 24.9 Å². The minimum absolute atomic E-state index is 0.00223. The molecule has 1 heterocycles. The molecular formula is C10H8F3N3O2S. The Hall–Kier alpha value is -2.03. The average Bonchev–Trinajstić information content (AvgIpc) is 2.68. The van der Waals surface area contributed by atoms with E-state index in [0.717, 1.165) is 6.07 Å². The third-order valence-electron chi connectivity index (χ3n) is 2.38. The summed E-state index contributed by atoms with van der Waals surface area (Å²) in [4.78, 5) is -1.30. The topological polar surface area (TPSA) is 88.8 Å². The number of sulfone groups is 1. The lowest BCUT2D eigenvalue weighted by Crippen LogP contribution is -2.08. The molecule has 0 atom stereocenters. The second kappa shape index (κ2) is 4.26. The number of nitrogens with one attached hydrogen (secondary N) is 1. The Morgan fingerprint density at radius 3 is 2.32 bits per heavy atom. The zero-order chi connectivity index (χ0) is 14.4. The molecule has 0 saturated carbocycles. The van der Waals surface area contributed by atoms with Gasteiger partial charge in [-0.1, -0.05) is 0 Å². The van der Waals surface area contributed by atoms with Gasteiger partial charge in [-0.2, -0.15) is 5.10 Å². The second-order valence-electron chi connectivity index (χ2n) is 3.84. The van der Waals surface area contributed by atoms with E-state index in [2.05, 4.69) is 10.2 Å². The van der Waals surface area contributed by atoms with Crippen LogP contribution in [0.4, 0.5) is 19.0 Å². The molecule has 3 N–H and O–H groups in total. The van der Waals surface area contributed by atoms with Gasteiger partial charge >= 0.3 is 0 Å². The molecule has 0 amide bonds. The van der Waals surface area contributed by atoms with Crippen molar-refractivity contribution >= 4 is 15.7 Å². The van der Waals surface area contributed by atoms with E-state index < -0.39 is 37.7 Å². The van der Waals surface area contributed by atoms with Crippen molar-refractivity contribution in [1.29, 1.82) is 0 Å². The summed E-state index contributed by atoms with van der Waals surface area (Å²) in [6, 6.07) is 1.74. The SMILES string of the molecule is CS(=O)(=O)c1c(F)cc(-c2cc(N)n[nH]2)c(F)c1F. The lowest BCUT2D eigenvalue weighted by molar-refractivity contribution is 0.461. The summed E-state index contributed by atoms with van der Waals surface area (Å²) >= 11 is 0. The van der Waals surface area contributed by atoms with Crippen molar-refractivity contribution in [3.05, 3.63) is 29.6 Å². The summed E-state index contributed by atoms with van der Waals surface area (Å²) < 4.78 is 63.4. The number of halogens is 3. The van der Waals surface area contributed by atoms with Crippen LogP contribution < -0.4 is 5.73 Å². The molecular weight excluding hydrogens is 283 g/mol. The molecule has 9 heteroatoms. The first-order valence-corrected chi connectivity index (χ1v) is 6.79. The lowest BCUT2D eigenvalue weighted by Gasteiger charge is -2.07. The number of hydrogen-bond acceptors (Lipinski definition) is 4. The van der Waals surface area contributed by atoms with Crippen molar-refractivity contribution in [2.24, 2.45) is 0 Å². The minimum atomic E-state index is -4.22. The highest BCUT2D eigenvalue weighted by atomic mass is 32.2. The summed E-state index contributed by atoms with van der Waals surface area (Å²) in [5.41, 5.74) is 4.74. The molecule has 0 saturated heterocycles. The number of rotatable bonds is 2. The van der Waals surface area contributed by atoms with Crippen LogP contribution in [0.3, 0.4) is 0 Å². The molecule has 0 fully saturated rings. The number of hydrogen-bond donors (Lipinski definition) is 2. The average molecular weight is 291 g/mol. The summed E-state index contributed by atoms with van der Waals surface area (Å²) in [6.07, 6.45) is 0.585. The molecule has 1 aromatic carbocycles. The molecule has 0 aliphatic heterocycles. The number of aromatic amines is 1. The normalized spacial score (nSPS) is 11.8. The number of nitrogens with two attached hydrogens (primary N) is 1. The Balaban J connectivity index is 2.75. The Kier molecular flexibility index (Phi) is 3.01. The third-order valence-corrected chi connectivity index (χ3v) is 3.49. The van der Waals surface area contributed by atoms with Gasteiger partial charge in [0.15, 0.2) is 21.5 Å². The zero-order valence-electron chi connectivity index (χ0n) is 9.54. The van der Waals surface area contributed by atoms with E-state index in [9.17, 15) is 21.6 Å². The van der Waals surface area contributed by atoms with Crippen molar-refractivity contribution < 1.29 is 21.6 Å². The number of nitrogens with zero attached hydrogens (tertiary/aromatic N) is 1. The van der Waals surface area contributed by atoms with E-state index in [1.165, 1.54) is 0 Å². The van der Waals surface area contributed by atoms with Crippen LogP contribution in [0.15, 0.2) is 17.0 Å². The standard InChI is InChI=1S/C10H8F3N3O2S/c1-19(17,18)10-5(11)2-4(8(12)9(10)13)6-3-7(14)16-15-6/h2-3H,1H3,(H3,14,15,16). The van der Waals surface area contributed by atoms with Crippen molar-refractivity contribution in [2.75, 3.05) is 12.0 Å². The quantitative estimate of drug-likeness (QED) is 0.820. The maximum Gasteiger partial charge on any atom is 0.181 e. The smallest absolute Gasteiger partial charge is 0.181 e. The number of H-pyrrole nitrogens is 1. The van der Waals surface area contributed by atoms with Crippen LogP contribution in [0.5, 0.6) is 0 Å². The molecule has 2 rings (SSSR count). The highest BCUT2D eigenvalue weighted by molar-refractivity contribution is 7.90. The minimum Gasteiger partial charge on any atom is -0.382 e. The Morgan fingerprint density at radius 2 is 1.84 bits per heavy atom. The molecule has 0 spiro atoms. The molecule has 19 heavy (non-hydrogen) atoms. The van der Waals surface area contributed by atoms with Crippen molar-refractivity contribution in [1.82, 2.24) is 10.2 Å². The summed E-state index contributed by atoms with van der Waals surface area (Å²) in [7, 11) is -4.22. The summed E-state index contributed by atoms with van der Waals surface area (Å²) in [6.45, 7) is 0. The lowest BCUT2D eigenvalue weighted by atomic mass is 10.1. The van der Waals surface area contributed by atoms with Crippen LogP contribution in [-0.2, 0) is 9.84 Å². The predicted molar refractivity (Wildman–Crippen MR) is 61.4 cm³/mol. The fraction of sp³-hybridized carbons (Fsp3) is 0.100. The molecule has 1 aromatic heterocycles. The van der Waals surface area contributed by atoms with E-state index in [-0.39, 0.29) is 11.5 Å². The van der Waals surface area contributed by atoms with Gasteiger partial charge in [-0.15, -0.1) is 0 Å². The molecule has 2 aromatic rings. The fourth-order valence-electron chi connectivity index (χ4n) is 1.59. The molecule has 0 aliphatic carbocycles. The number of aromatic nitrogens is 2. The highest BCUT2D eigenvalue weighted by Gasteiger charge is 2.26. The molecule has 0 bridgehead atoms. The first kappa shape index (κ1) is 13.4. The van der Waals surface area contributed by atoms with Gasteiger partial charge in [-0.05, 0) is 6.07 Å². The van der Waals surface area contributed by atoms with Crippen LogP contribution >= 0.6 is 0 Å². The molecule has 5 nitrogen and oxygen atoms in total. The summed E-state index contributed by atoms with van der Waals surface area (Å²) in [5.74, 6) is -4.65. The molecule has 0 unspecified atom stereocenters. The number of anilines is 1. The van der Waals surface area contributed by atoms with Crippen LogP contribution in [0, 0.1) is 17.5 Å². The first-order valence-electron chi connectivity index (χ1n) is 4.90. The Bertz CT molecular complexity index is 756. The Labute approximate surface area is 106 Å². The molecule has 0 aliphatic rings. The maximum atomic E-state index is 13.8. The van der Waals surface area contributed by atoms with E-state index >= 15 is 0 Å². The van der Waals surface area contributed by atoms with Crippen LogP contribution in [0.1, 0.15) is 0 Å². The van der Waals surface area contributed by atoms with Gasteiger partial charge in [-0.3, -0.25) is 5.10 Å². The van der Waals surface area contributed by atoms with Gasteiger partial charge in [-0.25, -0.2) is 21.6 Å². The van der Waals surface area contributed by atoms with Gasteiger partial charge in [0, 0.05) is 17.9 Å². The number of benzene rings is 1. The van der Waals surface area contributed by atoms with Crippen LogP contribution in [0.2, 0.25) is 0 Å². The van der Waals surface area contributed by atoms with Crippen molar-refractivity contribution in [3.8, 4) is 11.3 Å².